The van der Waals surface area contributed by atoms with Gasteiger partial charge in [0.15, 0.2) is 0 Å². The first kappa shape index (κ1) is 21.9. The predicted octanol–water partition coefficient (Wildman–Crippen LogP) is 1.87. The SMILES string of the molecule is O=C1CCS(=O)(=O)N1c1ccc(S(=O)(=O)NC[C@@H](c2ccccc2)N2CCCC2)cc1. The van der Waals surface area contributed by atoms with Gasteiger partial charge in [0.2, 0.25) is 26.0 Å². The van der Waals surface area contributed by atoms with Crippen LogP contribution in [0.2, 0.25) is 0 Å². The fourth-order valence-electron chi connectivity index (χ4n) is 4.09. The fraction of sp³-hybridized carbons (Fsp3) is 0.381. The van der Waals surface area contributed by atoms with Crippen molar-refractivity contribution in [1.82, 2.24) is 9.62 Å². The topological polar surface area (TPSA) is 104 Å². The van der Waals surface area contributed by atoms with Gasteiger partial charge in [-0.2, -0.15) is 0 Å². The Kier molecular flexibility index (Phi) is 6.16. The lowest BCUT2D eigenvalue weighted by Gasteiger charge is -2.28. The Morgan fingerprint density at radius 2 is 1.61 bits per heavy atom. The fourth-order valence-corrected chi connectivity index (χ4v) is 6.59. The van der Waals surface area contributed by atoms with Crippen LogP contribution in [-0.4, -0.2) is 53.0 Å². The summed E-state index contributed by atoms with van der Waals surface area (Å²) in [6, 6.07) is 15.1. The second-order valence-electron chi connectivity index (χ2n) is 7.74. The number of nitrogens with zero attached hydrogens (tertiary/aromatic N) is 2. The minimum atomic E-state index is -3.81. The maximum absolute atomic E-state index is 12.9. The molecule has 0 aliphatic carbocycles. The Balaban J connectivity index is 1.51. The van der Waals surface area contributed by atoms with Gasteiger partial charge in [-0.15, -0.1) is 0 Å². The number of hydrogen-bond donors (Lipinski definition) is 1. The van der Waals surface area contributed by atoms with E-state index in [4.69, 9.17) is 0 Å². The van der Waals surface area contributed by atoms with E-state index in [1.54, 1.807) is 0 Å². The first-order chi connectivity index (χ1) is 14.8. The van der Waals surface area contributed by atoms with Gasteiger partial charge >= 0.3 is 0 Å². The van der Waals surface area contributed by atoms with Crippen LogP contribution < -0.4 is 9.03 Å². The van der Waals surface area contributed by atoms with Crippen molar-refractivity contribution in [2.75, 3.05) is 29.7 Å². The molecule has 166 valence electrons. The molecule has 1 atom stereocenters. The summed E-state index contributed by atoms with van der Waals surface area (Å²) in [7, 11) is -7.49. The highest BCUT2D eigenvalue weighted by atomic mass is 32.2. The van der Waals surface area contributed by atoms with Crippen LogP contribution in [0.5, 0.6) is 0 Å². The van der Waals surface area contributed by atoms with Crippen LogP contribution >= 0.6 is 0 Å². The number of hydrogen-bond acceptors (Lipinski definition) is 6. The molecule has 0 bridgehead atoms. The predicted molar refractivity (Wildman–Crippen MR) is 118 cm³/mol. The molecule has 2 aromatic carbocycles. The Morgan fingerprint density at radius 3 is 2.19 bits per heavy atom. The molecule has 2 aliphatic heterocycles. The van der Waals surface area contributed by atoms with Crippen molar-refractivity contribution in [3.8, 4) is 0 Å². The minimum Gasteiger partial charge on any atom is -0.295 e. The number of carbonyl (C=O) groups is 1. The number of nitrogens with one attached hydrogen (secondary N) is 1. The van der Waals surface area contributed by atoms with E-state index in [1.165, 1.54) is 24.3 Å². The number of likely N-dealkylation sites (tertiary alicyclic amines) is 1. The molecule has 0 unspecified atom stereocenters. The molecule has 8 nitrogen and oxygen atoms in total. The molecule has 31 heavy (non-hydrogen) atoms. The lowest BCUT2D eigenvalue weighted by atomic mass is 10.1. The smallest absolute Gasteiger partial charge is 0.242 e. The molecule has 0 saturated carbocycles. The third kappa shape index (κ3) is 4.67. The zero-order valence-electron chi connectivity index (χ0n) is 17.0. The molecule has 2 fully saturated rings. The number of amides is 1. The van der Waals surface area contributed by atoms with E-state index in [-0.39, 0.29) is 35.3 Å². The monoisotopic (exact) mass is 463 g/mol. The quantitative estimate of drug-likeness (QED) is 0.672. The van der Waals surface area contributed by atoms with E-state index in [1.807, 2.05) is 30.3 Å². The van der Waals surface area contributed by atoms with E-state index in [2.05, 4.69) is 9.62 Å². The summed E-state index contributed by atoms with van der Waals surface area (Å²) in [5.74, 6) is -0.741. The van der Waals surface area contributed by atoms with Crippen LogP contribution in [0.3, 0.4) is 0 Å². The zero-order chi connectivity index (χ0) is 22.1. The van der Waals surface area contributed by atoms with Crippen LogP contribution in [-0.2, 0) is 24.8 Å². The average Bonchev–Trinajstić information content (AvgIpc) is 3.37. The van der Waals surface area contributed by atoms with Crippen LogP contribution in [0.15, 0.2) is 59.5 Å². The van der Waals surface area contributed by atoms with E-state index in [0.29, 0.717) is 0 Å². The van der Waals surface area contributed by atoms with Crippen LogP contribution in [0.25, 0.3) is 0 Å². The van der Waals surface area contributed by atoms with Gasteiger partial charge in [-0.25, -0.2) is 25.9 Å². The van der Waals surface area contributed by atoms with Crippen LogP contribution in [0, 0.1) is 0 Å². The van der Waals surface area contributed by atoms with E-state index < -0.39 is 26.0 Å². The molecule has 1 amide bonds. The van der Waals surface area contributed by atoms with Crippen molar-refractivity contribution in [1.29, 1.82) is 0 Å². The Bertz CT molecular complexity index is 1140. The van der Waals surface area contributed by atoms with Gasteiger partial charge in [-0.1, -0.05) is 30.3 Å². The van der Waals surface area contributed by atoms with Crippen molar-refractivity contribution in [2.24, 2.45) is 0 Å². The molecule has 0 radical (unpaired) electrons. The number of sulfonamides is 2. The third-order valence-electron chi connectivity index (χ3n) is 5.69. The molecule has 4 rings (SSSR count). The third-order valence-corrected chi connectivity index (χ3v) is 8.82. The first-order valence-electron chi connectivity index (χ1n) is 10.2. The van der Waals surface area contributed by atoms with Crippen LogP contribution in [0.4, 0.5) is 5.69 Å². The van der Waals surface area contributed by atoms with Crippen molar-refractivity contribution >= 4 is 31.6 Å². The van der Waals surface area contributed by atoms with Gasteiger partial charge < -0.3 is 0 Å². The second-order valence-corrected chi connectivity index (χ2v) is 11.4. The number of rotatable bonds is 7. The summed E-state index contributed by atoms with van der Waals surface area (Å²) in [5, 5.41) is 0. The standard InChI is InChI=1S/C21H25N3O5S2/c25-21-12-15-30(26,27)24(21)18-8-10-19(11-9-18)31(28,29)22-16-20(23-13-4-5-14-23)17-6-2-1-3-7-17/h1-3,6-11,20,22H,4-5,12-16H2/t20-/m0/s1. The van der Waals surface area contributed by atoms with E-state index in [9.17, 15) is 21.6 Å². The normalized spacial score (nSPS) is 20.3. The molecule has 0 aromatic heterocycles. The largest absolute Gasteiger partial charge is 0.295 e. The summed E-state index contributed by atoms with van der Waals surface area (Å²) < 4.78 is 53.3. The minimum absolute atomic E-state index is 0.0218. The highest BCUT2D eigenvalue weighted by Gasteiger charge is 2.36. The molecule has 1 N–H and O–H groups in total. The summed E-state index contributed by atoms with van der Waals surface area (Å²) in [6.45, 7) is 2.08. The molecule has 10 heteroatoms. The lowest BCUT2D eigenvalue weighted by molar-refractivity contribution is -0.116. The molecular formula is C21H25N3O5S2. The zero-order valence-corrected chi connectivity index (χ0v) is 18.6. The molecular weight excluding hydrogens is 438 g/mol. The van der Waals surface area contributed by atoms with Gasteiger partial charge in [0.1, 0.15) is 0 Å². The average molecular weight is 464 g/mol. The maximum Gasteiger partial charge on any atom is 0.242 e. The van der Waals surface area contributed by atoms with Gasteiger partial charge in [-0.05, 0) is 55.8 Å². The summed E-state index contributed by atoms with van der Waals surface area (Å²) in [6.07, 6.45) is 2.12. The van der Waals surface area contributed by atoms with Crippen molar-refractivity contribution in [3.05, 3.63) is 60.2 Å². The molecule has 2 aromatic rings. The Labute approximate surface area is 183 Å². The highest BCUT2D eigenvalue weighted by molar-refractivity contribution is 7.94. The number of carbonyl (C=O) groups excluding carboxylic acids is 1. The molecule has 2 saturated heterocycles. The van der Waals surface area contributed by atoms with Crippen molar-refractivity contribution in [3.63, 3.8) is 0 Å². The summed E-state index contributed by atoms with van der Waals surface area (Å²) in [5.41, 5.74) is 1.21. The second kappa shape index (κ2) is 8.70. The molecule has 0 spiro atoms. The van der Waals surface area contributed by atoms with Gasteiger partial charge in [-0.3, -0.25) is 9.69 Å². The maximum atomic E-state index is 12.9. The Morgan fingerprint density at radius 1 is 0.968 bits per heavy atom. The summed E-state index contributed by atoms with van der Waals surface area (Å²) in [4.78, 5) is 14.2. The lowest BCUT2D eigenvalue weighted by Crippen LogP contribution is -2.36. The highest BCUT2D eigenvalue weighted by Crippen LogP contribution is 2.27. The van der Waals surface area contributed by atoms with Gasteiger partial charge in [0, 0.05) is 19.0 Å². The van der Waals surface area contributed by atoms with E-state index >= 15 is 0 Å². The number of anilines is 1. The first-order valence-corrected chi connectivity index (χ1v) is 13.3. The van der Waals surface area contributed by atoms with Crippen molar-refractivity contribution in [2.45, 2.75) is 30.2 Å². The van der Waals surface area contributed by atoms with Gasteiger partial charge in [0.05, 0.1) is 16.3 Å². The van der Waals surface area contributed by atoms with Crippen molar-refractivity contribution < 1.29 is 21.6 Å². The van der Waals surface area contributed by atoms with Crippen LogP contribution in [0.1, 0.15) is 30.9 Å². The molecule has 2 aliphatic rings. The molecule has 2 heterocycles. The number of benzene rings is 2. The Hall–Kier alpha value is -2.27. The van der Waals surface area contributed by atoms with Gasteiger partial charge in [0.25, 0.3) is 0 Å². The van der Waals surface area contributed by atoms with E-state index in [0.717, 1.165) is 35.8 Å². The summed E-state index contributed by atoms with van der Waals surface area (Å²) >= 11 is 0.